The number of rotatable bonds is 0. The van der Waals surface area contributed by atoms with Gasteiger partial charge >= 0.3 is 11.9 Å². The van der Waals surface area contributed by atoms with E-state index in [4.69, 9.17) is 14.2 Å². The van der Waals surface area contributed by atoms with Gasteiger partial charge in [0, 0.05) is 0 Å². The van der Waals surface area contributed by atoms with Gasteiger partial charge in [0.1, 0.15) is 13.2 Å². The van der Waals surface area contributed by atoms with Crippen LogP contribution in [0.2, 0.25) is 0 Å². The number of hydrogen-bond donors (Lipinski definition) is 0. The molecule has 0 unspecified atom stereocenters. The maximum Gasteiger partial charge on any atom is 0.338 e. The molecule has 2 aliphatic rings. The fourth-order valence-electron chi connectivity index (χ4n) is 1.40. The zero-order valence-corrected chi connectivity index (χ0v) is 9.18. The van der Waals surface area contributed by atoms with Crippen molar-refractivity contribution in [3.8, 4) is 0 Å². The van der Waals surface area contributed by atoms with Crippen molar-refractivity contribution < 1.29 is 23.8 Å². The first-order chi connectivity index (χ1) is 8.27. The topological polar surface area (TPSA) is 61.8 Å². The summed E-state index contributed by atoms with van der Waals surface area (Å²) in [6.45, 7) is 0.963. The first-order valence-corrected chi connectivity index (χ1v) is 5.29. The largest absolute Gasteiger partial charge is 0.460 e. The summed E-state index contributed by atoms with van der Waals surface area (Å²) in [5.41, 5.74) is 0.807. The third-order valence-corrected chi connectivity index (χ3v) is 2.28. The minimum atomic E-state index is -0.423. The average Bonchev–Trinajstić information content (AvgIpc) is 2.38. The van der Waals surface area contributed by atoms with Crippen LogP contribution in [0.25, 0.3) is 0 Å². The van der Waals surface area contributed by atoms with Gasteiger partial charge in [-0.3, -0.25) is 0 Å². The van der Waals surface area contributed by atoms with Gasteiger partial charge in [0.2, 0.25) is 0 Å². The molecule has 0 aliphatic carbocycles. The Hall–Kier alpha value is -1.88. The Balaban J connectivity index is 2.18. The molecule has 0 aromatic heterocycles. The summed E-state index contributed by atoms with van der Waals surface area (Å²) in [6, 6.07) is 6.16. The van der Waals surface area contributed by atoms with Crippen molar-refractivity contribution in [1.29, 1.82) is 0 Å². The van der Waals surface area contributed by atoms with E-state index in [1.54, 1.807) is 0 Å². The van der Waals surface area contributed by atoms with E-state index >= 15 is 0 Å². The van der Waals surface area contributed by atoms with Gasteiger partial charge < -0.3 is 14.2 Å². The molecule has 2 aliphatic heterocycles. The highest BCUT2D eigenvalue weighted by atomic mass is 16.6. The standard InChI is InChI=1S/C12H12O5/c13-11-9-1-2-10(4-3-9)12(14)17-8-6-15-5-7-16-11/h1-4H,5-8H2. The summed E-state index contributed by atoms with van der Waals surface area (Å²) < 4.78 is 15.1. The van der Waals surface area contributed by atoms with Crippen LogP contribution in [-0.2, 0) is 14.2 Å². The Labute approximate surface area is 98.3 Å². The van der Waals surface area contributed by atoms with Crippen LogP contribution < -0.4 is 0 Å². The van der Waals surface area contributed by atoms with E-state index in [1.165, 1.54) is 24.3 Å². The lowest BCUT2D eigenvalue weighted by atomic mass is 10.1. The van der Waals surface area contributed by atoms with Gasteiger partial charge in [-0.25, -0.2) is 9.59 Å². The van der Waals surface area contributed by atoms with Crippen molar-refractivity contribution in [1.82, 2.24) is 0 Å². The lowest BCUT2D eigenvalue weighted by Crippen LogP contribution is -2.13. The summed E-state index contributed by atoms with van der Waals surface area (Å²) >= 11 is 0. The smallest absolute Gasteiger partial charge is 0.338 e. The third-order valence-electron chi connectivity index (χ3n) is 2.28. The van der Waals surface area contributed by atoms with E-state index in [-0.39, 0.29) is 13.2 Å². The molecule has 90 valence electrons. The Morgan fingerprint density at radius 2 is 1.12 bits per heavy atom. The predicted octanol–water partition coefficient (Wildman–Crippen LogP) is 1.03. The number of fused-ring (bicyclic) bond motifs is 10. The van der Waals surface area contributed by atoms with Crippen LogP contribution in [0.4, 0.5) is 0 Å². The molecule has 0 spiro atoms. The van der Waals surface area contributed by atoms with Crippen LogP contribution in [0, 0.1) is 0 Å². The average molecular weight is 236 g/mol. The Kier molecular flexibility index (Phi) is 3.72. The van der Waals surface area contributed by atoms with Gasteiger partial charge in [-0.2, -0.15) is 0 Å². The maximum atomic E-state index is 11.5. The fraction of sp³-hybridized carbons (Fsp3) is 0.333. The minimum Gasteiger partial charge on any atom is -0.460 e. The first kappa shape index (κ1) is 11.6. The van der Waals surface area contributed by atoms with E-state index in [9.17, 15) is 9.59 Å². The molecule has 3 rings (SSSR count). The number of carbonyl (C=O) groups excluding carboxylic acids is 2. The zero-order chi connectivity index (χ0) is 12.1. The summed E-state index contributed by atoms with van der Waals surface area (Å²) in [5.74, 6) is -0.847. The van der Waals surface area contributed by atoms with Crippen molar-refractivity contribution in [2.75, 3.05) is 26.4 Å². The van der Waals surface area contributed by atoms with Crippen molar-refractivity contribution >= 4 is 11.9 Å². The molecular formula is C12H12O5. The minimum absolute atomic E-state index is 0.189. The molecule has 0 atom stereocenters. The SMILES string of the molecule is O=C1OCCOCCOC(=O)c2ccc1cc2. The van der Waals surface area contributed by atoms with Crippen LogP contribution in [0.15, 0.2) is 24.3 Å². The van der Waals surface area contributed by atoms with E-state index in [1.807, 2.05) is 0 Å². The van der Waals surface area contributed by atoms with Crippen molar-refractivity contribution in [2.24, 2.45) is 0 Å². The summed E-state index contributed by atoms with van der Waals surface area (Å²) in [6.07, 6.45) is 0. The Morgan fingerprint density at radius 3 is 1.53 bits per heavy atom. The highest BCUT2D eigenvalue weighted by Crippen LogP contribution is 2.08. The molecule has 5 heteroatoms. The van der Waals surface area contributed by atoms with Crippen LogP contribution in [0.3, 0.4) is 0 Å². The van der Waals surface area contributed by atoms with Gasteiger partial charge in [-0.15, -0.1) is 0 Å². The van der Waals surface area contributed by atoms with Gasteiger partial charge in [0.05, 0.1) is 24.3 Å². The lowest BCUT2D eigenvalue weighted by Gasteiger charge is -2.05. The third kappa shape index (κ3) is 3.04. The number of ether oxygens (including phenoxy) is 3. The predicted molar refractivity (Wildman–Crippen MR) is 57.8 cm³/mol. The number of carbonyl (C=O) groups is 2. The number of hydrogen-bond acceptors (Lipinski definition) is 5. The molecule has 0 N–H and O–H groups in total. The maximum absolute atomic E-state index is 11.5. The van der Waals surface area contributed by atoms with Crippen molar-refractivity contribution in [2.45, 2.75) is 0 Å². The Bertz CT molecular complexity index is 370. The molecule has 0 fully saturated rings. The highest BCUT2D eigenvalue weighted by Gasteiger charge is 2.11. The van der Waals surface area contributed by atoms with E-state index < -0.39 is 11.9 Å². The van der Waals surface area contributed by atoms with Crippen molar-refractivity contribution in [3.63, 3.8) is 0 Å². The molecule has 0 saturated heterocycles. The molecule has 1 aromatic carbocycles. The van der Waals surface area contributed by atoms with E-state index in [2.05, 4.69) is 0 Å². The zero-order valence-electron chi connectivity index (χ0n) is 9.18. The van der Waals surface area contributed by atoms with Crippen LogP contribution in [0.1, 0.15) is 20.7 Å². The molecule has 1 aromatic rings. The molecule has 0 saturated carbocycles. The van der Waals surface area contributed by atoms with E-state index in [0.29, 0.717) is 24.3 Å². The van der Waals surface area contributed by atoms with Crippen LogP contribution in [-0.4, -0.2) is 38.4 Å². The molecule has 0 radical (unpaired) electrons. The number of benzene rings is 1. The summed E-state index contributed by atoms with van der Waals surface area (Å²) in [5, 5.41) is 0. The number of esters is 2. The molecule has 5 nitrogen and oxygen atoms in total. The van der Waals surface area contributed by atoms with Crippen LogP contribution in [0.5, 0.6) is 0 Å². The Morgan fingerprint density at radius 1 is 0.706 bits per heavy atom. The van der Waals surface area contributed by atoms with Gasteiger partial charge in [-0.05, 0) is 24.3 Å². The molecular weight excluding hydrogens is 224 g/mol. The highest BCUT2D eigenvalue weighted by molar-refractivity contribution is 5.93. The first-order valence-electron chi connectivity index (χ1n) is 5.29. The molecule has 0 amide bonds. The second kappa shape index (κ2) is 5.45. The normalized spacial score (nSPS) is 17.4. The quantitative estimate of drug-likeness (QED) is 0.497. The second-order valence-corrected chi connectivity index (χ2v) is 3.46. The van der Waals surface area contributed by atoms with E-state index in [0.717, 1.165) is 0 Å². The molecule has 17 heavy (non-hydrogen) atoms. The van der Waals surface area contributed by atoms with Crippen molar-refractivity contribution in [3.05, 3.63) is 35.4 Å². The summed E-state index contributed by atoms with van der Waals surface area (Å²) in [4.78, 5) is 23.0. The van der Waals surface area contributed by atoms with Gasteiger partial charge in [-0.1, -0.05) is 0 Å². The molecule has 2 bridgehead atoms. The van der Waals surface area contributed by atoms with Gasteiger partial charge in [0.15, 0.2) is 0 Å². The van der Waals surface area contributed by atoms with Gasteiger partial charge in [0.25, 0.3) is 0 Å². The molecule has 2 heterocycles. The lowest BCUT2D eigenvalue weighted by molar-refractivity contribution is 0.0155. The summed E-state index contributed by atoms with van der Waals surface area (Å²) in [7, 11) is 0. The monoisotopic (exact) mass is 236 g/mol. The fourth-order valence-corrected chi connectivity index (χ4v) is 1.40. The van der Waals surface area contributed by atoms with Crippen LogP contribution >= 0.6 is 0 Å². The second-order valence-electron chi connectivity index (χ2n) is 3.46.